The smallest absolute Gasteiger partial charge is 0.338 e. The lowest BCUT2D eigenvalue weighted by Crippen LogP contribution is -2.39. The molecule has 0 bridgehead atoms. The Bertz CT molecular complexity index is 1900. The molecule has 0 spiro atoms. The van der Waals surface area contributed by atoms with Crippen LogP contribution in [-0.2, 0) is 16.1 Å². The number of carbonyl (C=O) groups excluding carboxylic acids is 1. The Kier molecular flexibility index (Phi) is 9.77. The highest BCUT2D eigenvalue weighted by molar-refractivity contribution is 14.1. The van der Waals surface area contributed by atoms with Gasteiger partial charge in [0.05, 0.1) is 35.6 Å². The molecule has 4 aromatic rings. The largest absolute Gasteiger partial charge is 0.487 e. The van der Waals surface area contributed by atoms with Gasteiger partial charge in [0.25, 0.3) is 5.56 Å². The molecule has 0 saturated carbocycles. The number of rotatable bonds is 7. The van der Waals surface area contributed by atoms with Gasteiger partial charge in [0.2, 0.25) is 0 Å². The maximum atomic E-state index is 13.8. The molecule has 5 rings (SSSR count). The minimum absolute atomic E-state index is 0.167. The van der Waals surface area contributed by atoms with Crippen molar-refractivity contribution in [3.8, 4) is 5.75 Å². The summed E-state index contributed by atoms with van der Waals surface area (Å²) < 4.78 is 28.8. The molecule has 1 aromatic heterocycles. The molecule has 6 nitrogen and oxygen atoms in total. The number of thiazole rings is 1. The summed E-state index contributed by atoms with van der Waals surface area (Å²) in [5.74, 6) is -0.286. The summed E-state index contributed by atoms with van der Waals surface area (Å²) in [6.45, 7) is 3.85. The fraction of sp³-hybridized carbons (Fsp3) is 0.167. The van der Waals surface area contributed by atoms with Crippen LogP contribution >= 0.6 is 79.7 Å². The van der Waals surface area contributed by atoms with Crippen LogP contribution in [0.25, 0.3) is 6.08 Å². The molecule has 0 amide bonds. The minimum Gasteiger partial charge on any atom is -0.487 e. The maximum absolute atomic E-state index is 13.8. The third kappa shape index (κ3) is 6.47. The standard InChI is InChI=1S/C30H21Cl2FI2N2O4S/c1-3-40-29(39)25-15(2)36-30-37(26(25)17-5-8-20(33)9-6-17)28(38)24(42-30)12-16-10-22(34)27(23(35)11-16)41-14-18-4-7-19(31)13-21(18)32/h4-13,26H,3,14H2,1-2H3/b24-12-/t26-/m0/s1. The van der Waals surface area contributed by atoms with E-state index in [0.29, 0.717) is 36.4 Å². The number of fused-ring (bicyclic) bond motifs is 1. The van der Waals surface area contributed by atoms with E-state index in [1.165, 1.54) is 28.0 Å². The van der Waals surface area contributed by atoms with Gasteiger partial charge in [0, 0.05) is 15.6 Å². The third-order valence-electron chi connectivity index (χ3n) is 6.41. The molecular formula is C30H21Cl2FI2N2O4S. The van der Waals surface area contributed by atoms with E-state index in [1.54, 1.807) is 44.2 Å². The molecule has 0 unspecified atom stereocenters. The third-order valence-corrected chi connectivity index (χ3v) is 9.58. The highest BCUT2D eigenvalue weighted by atomic mass is 127. The average Bonchev–Trinajstić information content (AvgIpc) is 3.23. The number of halogens is 5. The monoisotopic (exact) mass is 848 g/mol. The Morgan fingerprint density at radius 1 is 1.12 bits per heavy atom. The second kappa shape index (κ2) is 13.2. The van der Waals surface area contributed by atoms with E-state index in [9.17, 15) is 14.0 Å². The number of nitrogens with zero attached hydrogens (tertiary/aromatic N) is 2. The van der Waals surface area contributed by atoms with Crippen LogP contribution in [-0.4, -0.2) is 17.1 Å². The van der Waals surface area contributed by atoms with Gasteiger partial charge in [0.15, 0.2) is 4.80 Å². The first-order chi connectivity index (χ1) is 20.1. The molecule has 0 fully saturated rings. The van der Waals surface area contributed by atoms with Gasteiger partial charge in [-0.1, -0.05) is 52.7 Å². The number of ether oxygens (including phenoxy) is 2. The van der Waals surface area contributed by atoms with Crippen molar-refractivity contribution >= 4 is 91.8 Å². The van der Waals surface area contributed by atoms with Gasteiger partial charge >= 0.3 is 5.97 Å². The molecule has 0 aliphatic carbocycles. The van der Waals surface area contributed by atoms with Gasteiger partial charge < -0.3 is 9.47 Å². The highest BCUT2D eigenvalue weighted by Crippen LogP contribution is 2.32. The first-order valence-electron chi connectivity index (χ1n) is 12.6. The molecule has 1 atom stereocenters. The zero-order chi connectivity index (χ0) is 30.1. The van der Waals surface area contributed by atoms with Crippen LogP contribution in [0.5, 0.6) is 5.75 Å². The van der Waals surface area contributed by atoms with E-state index in [4.69, 9.17) is 32.7 Å². The summed E-state index contributed by atoms with van der Waals surface area (Å²) in [4.78, 5) is 31.9. The van der Waals surface area contributed by atoms with Crippen LogP contribution in [0.15, 0.2) is 75.7 Å². The van der Waals surface area contributed by atoms with Crippen molar-refractivity contribution in [3.05, 3.63) is 125 Å². The van der Waals surface area contributed by atoms with Crippen LogP contribution < -0.4 is 19.6 Å². The molecule has 2 heterocycles. The molecule has 12 heteroatoms. The Morgan fingerprint density at radius 3 is 2.45 bits per heavy atom. The van der Waals surface area contributed by atoms with Gasteiger partial charge in [-0.15, -0.1) is 0 Å². The van der Waals surface area contributed by atoms with E-state index in [-0.39, 0.29) is 24.3 Å². The van der Waals surface area contributed by atoms with E-state index in [1.807, 2.05) is 18.2 Å². The molecule has 3 aromatic carbocycles. The summed E-state index contributed by atoms with van der Waals surface area (Å²) in [6, 6.07) is 14.0. The highest BCUT2D eigenvalue weighted by Gasteiger charge is 2.33. The fourth-order valence-corrected chi connectivity index (χ4v) is 8.13. The van der Waals surface area contributed by atoms with Crippen molar-refractivity contribution < 1.29 is 18.7 Å². The molecule has 1 aliphatic heterocycles. The Labute approximate surface area is 281 Å². The molecular weight excluding hydrogens is 828 g/mol. The van der Waals surface area contributed by atoms with Crippen LogP contribution in [0.2, 0.25) is 10.0 Å². The number of hydrogen-bond acceptors (Lipinski definition) is 6. The van der Waals surface area contributed by atoms with E-state index in [0.717, 1.165) is 18.3 Å². The van der Waals surface area contributed by atoms with Crippen LogP contribution in [0, 0.1) is 13.0 Å². The number of carbonyl (C=O) groups is 1. The number of benzene rings is 3. The van der Waals surface area contributed by atoms with Gasteiger partial charge in [-0.25, -0.2) is 14.2 Å². The normalized spacial score (nSPS) is 14.9. The molecule has 0 saturated heterocycles. The van der Waals surface area contributed by atoms with E-state index < -0.39 is 17.8 Å². The predicted molar refractivity (Wildman–Crippen MR) is 179 cm³/mol. The quantitative estimate of drug-likeness (QED) is 0.148. The second-order valence-corrected chi connectivity index (χ2v) is 13.4. The average molecular weight is 849 g/mol. The summed E-state index contributed by atoms with van der Waals surface area (Å²) >= 11 is 17.9. The lowest BCUT2D eigenvalue weighted by atomic mass is 9.96. The Morgan fingerprint density at radius 2 is 1.81 bits per heavy atom. The summed E-state index contributed by atoms with van der Waals surface area (Å²) in [5, 5.41) is 1.08. The Balaban J connectivity index is 1.54. The second-order valence-electron chi connectivity index (χ2n) is 9.19. The van der Waals surface area contributed by atoms with Crippen molar-refractivity contribution in [2.24, 2.45) is 4.99 Å². The van der Waals surface area contributed by atoms with Crippen molar-refractivity contribution in [1.29, 1.82) is 0 Å². The van der Waals surface area contributed by atoms with E-state index >= 15 is 0 Å². The van der Waals surface area contributed by atoms with Gasteiger partial charge in [-0.2, -0.15) is 0 Å². The lowest BCUT2D eigenvalue weighted by molar-refractivity contribution is -0.139. The maximum Gasteiger partial charge on any atom is 0.338 e. The zero-order valence-electron chi connectivity index (χ0n) is 22.1. The number of hydrogen-bond donors (Lipinski definition) is 0. The van der Waals surface area contributed by atoms with Crippen molar-refractivity contribution in [3.63, 3.8) is 0 Å². The molecule has 0 N–H and O–H groups in total. The van der Waals surface area contributed by atoms with Crippen LogP contribution in [0.1, 0.15) is 36.6 Å². The molecule has 216 valence electrons. The van der Waals surface area contributed by atoms with Crippen molar-refractivity contribution in [1.82, 2.24) is 4.57 Å². The van der Waals surface area contributed by atoms with E-state index in [2.05, 4.69) is 50.2 Å². The first-order valence-corrected chi connectivity index (χ1v) is 16.3. The number of aromatic nitrogens is 1. The van der Waals surface area contributed by atoms with Crippen molar-refractivity contribution in [2.45, 2.75) is 26.5 Å². The lowest BCUT2D eigenvalue weighted by Gasteiger charge is -2.24. The molecule has 42 heavy (non-hydrogen) atoms. The van der Waals surface area contributed by atoms with Crippen LogP contribution in [0.4, 0.5) is 4.39 Å². The summed E-state index contributed by atoms with van der Waals surface area (Å²) in [5.41, 5.74) is 2.56. The van der Waals surface area contributed by atoms with Crippen LogP contribution in [0.3, 0.4) is 0 Å². The van der Waals surface area contributed by atoms with Crippen molar-refractivity contribution in [2.75, 3.05) is 6.61 Å². The Hall–Kier alpha value is -2.26. The SMILES string of the molecule is CCOC(=O)C1=C(C)N=c2s/c(=C\c3cc(I)c(OCc4ccc(Cl)cc4Cl)c(I)c3)c(=O)n2[C@H]1c1ccc(F)cc1. The topological polar surface area (TPSA) is 69.9 Å². The van der Waals surface area contributed by atoms with Gasteiger partial charge in [-0.05, 0) is 113 Å². The zero-order valence-corrected chi connectivity index (χ0v) is 28.7. The molecule has 1 aliphatic rings. The minimum atomic E-state index is -0.807. The van der Waals surface area contributed by atoms with Gasteiger partial charge in [-0.3, -0.25) is 9.36 Å². The van der Waals surface area contributed by atoms with Gasteiger partial charge in [0.1, 0.15) is 18.2 Å². The molecule has 0 radical (unpaired) electrons. The predicted octanol–water partition coefficient (Wildman–Crippen LogP) is 7.03. The first kappa shape index (κ1) is 31.2. The summed E-state index contributed by atoms with van der Waals surface area (Å²) in [7, 11) is 0. The number of esters is 1. The fourth-order valence-electron chi connectivity index (χ4n) is 4.49. The number of allylic oxidation sites excluding steroid dienone is 1. The summed E-state index contributed by atoms with van der Waals surface area (Å²) in [6.07, 6.45) is 1.79.